The van der Waals surface area contributed by atoms with E-state index in [2.05, 4.69) is 9.88 Å². The molecule has 3 heterocycles. The van der Waals surface area contributed by atoms with Crippen LogP contribution in [0.25, 0.3) is 0 Å². The van der Waals surface area contributed by atoms with Gasteiger partial charge in [0, 0.05) is 19.3 Å². The van der Waals surface area contributed by atoms with Gasteiger partial charge in [-0.15, -0.1) is 0 Å². The lowest BCUT2D eigenvalue weighted by Gasteiger charge is -2.27. The predicted molar refractivity (Wildman–Crippen MR) is 88.7 cm³/mol. The quantitative estimate of drug-likeness (QED) is 0.812. The fourth-order valence-corrected chi connectivity index (χ4v) is 3.72. The first-order chi connectivity index (χ1) is 11.7. The minimum Gasteiger partial charge on any atom is -0.323 e. The smallest absolute Gasteiger partial charge is 0.243 e. The van der Waals surface area contributed by atoms with Gasteiger partial charge < -0.3 is 9.80 Å². The fourth-order valence-electron chi connectivity index (χ4n) is 3.72. The molecule has 3 aliphatic rings. The van der Waals surface area contributed by atoms with Crippen LogP contribution >= 0.6 is 0 Å². The standard InChI is InChI=1S/C18H24N4O2/c23-17-12-22(13-21(17)10-14-6-7-14)18(24)16-5-3-9-20(16)11-15-4-1-2-8-19-15/h1-2,4,8,14,16H,3,5-7,9-13H2. The second kappa shape index (κ2) is 6.51. The van der Waals surface area contributed by atoms with Gasteiger partial charge in [-0.25, -0.2) is 0 Å². The van der Waals surface area contributed by atoms with Crippen molar-refractivity contribution in [1.82, 2.24) is 19.7 Å². The maximum atomic E-state index is 12.9. The van der Waals surface area contributed by atoms with Gasteiger partial charge in [0.1, 0.15) is 6.54 Å². The van der Waals surface area contributed by atoms with E-state index in [1.807, 2.05) is 23.1 Å². The van der Waals surface area contributed by atoms with Crippen molar-refractivity contribution < 1.29 is 9.59 Å². The second-order valence-corrected chi connectivity index (χ2v) is 7.19. The number of carbonyl (C=O) groups excluding carboxylic acids is 2. The van der Waals surface area contributed by atoms with Crippen molar-refractivity contribution in [3.8, 4) is 0 Å². The summed E-state index contributed by atoms with van der Waals surface area (Å²) in [5.41, 5.74) is 0.991. The Balaban J connectivity index is 1.38. The predicted octanol–water partition coefficient (Wildman–Crippen LogP) is 1.08. The van der Waals surface area contributed by atoms with Crippen molar-refractivity contribution in [3.63, 3.8) is 0 Å². The third kappa shape index (κ3) is 3.29. The molecule has 0 radical (unpaired) electrons. The summed E-state index contributed by atoms with van der Waals surface area (Å²) < 4.78 is 0. The van der Waals surface area contributed by atoms with Gasteiger partial charge in [-0.05, 0) is 50.3 Å². The molecule has 0 aromatic carbocycles. The topological polar surface area (TPSA) is 56.8 Å². The molecule has 2 aliphatic heterocycles. The monoisotopic (exact) mass is 328 g/mol. The third-order valence-electron chi connectivity index (χ3n) is 5.25. The molecule has 6 heteroatoms. The number of nitrogens with zero attached hydrogens (tertiary/aromatic N) is 4. The van der Waals surface area contributed by atoms with E-state index in [1.54, 1.807) is 11.1 Å². The summed E-state index contributed by atoms with van der Waals surface area (Å²) in [6.07, 6.45) is 6.13. The zero-order valence-corrected chi connectivity index (χ0v) is 13.9. The Morgan fingerprint density at radius 3 is 2.88 bits per heavy atom. The van der Waals surface area contributed by atoms with Crippen LogP contribution < -0.4 is 0 Å². The molecular formula is C18H24N4O2. The Hall–Kier alpha value is -1.95. The first-order valence-corrected chi connectivity index (χ1v) is 8.91. The lowest BCUT2D eigenvalue weighted by molar-refractivity contribution is -0.136. The molecule has 3 fully saturated rings. The highest BCUT2D eigenvalue weighted by molar-refractivity contribution is 5.90. The first-order valence-electron chi connectivity index (χ1n) is 8.91. The Labute approximate surface area is 142 Å². The molecule has 1 saturated carbocycles. The van der Waals surface area contributed by atoms with Crippen molar-refractivity contribution in [1.29, 1.82) is 0 Å². The minimum atomic E-state index is -0.110. The van der Waals surface area contributed by atoms with Crippen LogP contribution in [0.3, 0.4) is 0 Å². The van der Waals surface area contributed by atoms with E-state index in [4.69, 9.17) is 0 Å². The van der Waals surface area contributed by atoms with Crippen LogP contribution in [-0.4, -0.2) is 63.8 Å². The Morgan fingerprint density at radius 2 is 2.12 bits per heavy atom. The summed E-state index contributed by atoms with van der Waals surface area (Å²) in [4.78, 5) is 35.2. The van der Waals surface area contributed by atoms with E-state index < -0.39 is 0 Å². The van der Waals surface area contributed by atoms with Crippen LogP contribution in [0, 0.1) is 5.92 Å². The van der Waals surface area contributed by atoms with E-state index in [1.165, 1.54) is 12.8 Å². The highest BCUT2D eigenvalue weighted by atomic mass is 16.2. The van der Waals surface area contributed by atoms with Crippen LogP contribution in [-0.2, 0) is 16.1 Å². The van der Waals surface area contributed by atoms with Crippen molar-refractivity contribution in [2.24, 2.45) is 5.92 Å². The highest BCUT2D eigenvalue weighted by Crippen LogP contribution is 2.31. The van der Waals surface area contributed by atoms with Gasteiger partial charge in [0.2, 0.25) is 11.8 Å². The molecule has 1 aliphatic carbocycles. The Morgan fingerprint density at radius 1 is 1.25 bits per heavy atom. The number of aromatic nitrogens is 1. The van der Waals surface area contributed by atoms with Crippen LogP contribution in [0.5, 0.6) is 0 Å². The zero-order valence-electron chi connectivity index (χ0n) is 13.9. The van der Waals surface area contributed by atoms with Crippen molar-refractivity contribution in [3.05, 3.63) is 30.1 Å². The molecule has 128 valence electrons. The SMILES string of the molecule is O=C1CN(C(=O)C2CCCN2Cc2ccccn2)CN1CC1CC1. The molecule has 1 aromatic heterocycles. The number of likely N-dealkylation sites (tertiary alicyclic amines) is 1. The maximum absolute atomic E-state index is 12.9. The van der Waals surface area contributed by atoms with Gasteiger partial charge >= 0.3 is 0 Å². The maximum Gasteiger partial charge on any atom is 0.243 e. The summed E-state index contributed by atoms with van der Waals surface area (Å²) in [6, 6.07) is 5.77. The molecule has 4 rings (SSSR count). The lowest BCUT2D eigenvalue weighted by atomic mass is 10.2. The summed E-state index contributed by atoms with van der Waals surface area (Å²) in [5, 5.41) is 0. The van der Waals surface area contributed by atoms with E-state index in [9.17, 15) is 9.59 Å². The average Bonchev–Trinajstić information content (AvgIpc) is 3.17. The summed E-state index contributed by atoms with van der Waals surface area (Å²) >= 11 is 0. The van der Waals surface area contributed by atoms with Gasteiger partial charge in [-0.2, -0.15) is 0 Å². The Kier molecular flexibility index (Phi) is 4.22. The average molecular weight is 328 g/mol. The van der Waals surface area contributed by atoms with Crippen molar-refractivity contribution in [2.45, 2.75) is 38.3 Å². The van der Waals surface area contributed by atoms with Crippen LogP contribution in [0.1, 0.15) is 31.4 Å². The van der Waals surface area contributed by atoms with E-state index >= 15 is 0 Å². The Bertz CT molecular complexity index is 617. The summed E-state index contributed by atoms with van der Waals surface area (Å²) in [7, 11) is 0. The van der Waals surface area contributed by atoms with Crippen LogP contribution in [0.15, 0.2) is 24.4 Å². The van der Waals surface area contributed by atoms with Gasteiger partial charge in [0.15, 0.2) is 0 Å². The molecule has 2 saturated heterocycles. The van der Waals surface area contributed by atoms with Crippen LogP contribution in [0.2, 0.25) is 0 Å². The van der Waals surface area contributed by atoms with Gasteiger partial charge in [-0.1, -0.05) is 6.07 Å². The van der Waals surface area contributed by atoms with Gasteiger partial charge in [-0.3, -0.25) is 19.5 Å². The molecular weight excluding hydrogens is 304 g/mol. The molecule has 2 amide bonds. The number of amides is 2. The summed E-state index contributed by atoms with van der Waals surface area (Å²) in [6.45, 7) is 3.16. The van der Waals surface area contributed by atoms with Crippen molar-refractivity contribution >= 4 is 11.8 Å². The van der Waals surface area contributed by atoms with E-state index in [-0.39, 0.29) is 24.4 Å². The van der Waals surface area contributed by atoms with E-state index in [0.717, 1.165) is 31.6 Å². The highest BCUT2D eigenvalue weighted by Gasteiger charge is 2.39. The van der Waals surface area contributed by atoms with Crippen LogP contribution in [0.4, 0.5) is 0 Å². The number of carbonyl (C=O) groups is 2. The molecule has 6 nitrogen and oxygen atoms in total. The van der Waals surface area contributed by atoms with E-state index in [0.29, 0.717) is 19.1 Å². The normalized spacial score (nSPS) is 24.8. The number of hydrogen-bond donors (Lipinski definition) is 0. The number of pyridine rings is 1. The lowest BCUT2D eigenvalue weighted by Crippen LogP contribution is -2.45. The number of hydrogen-bond acceptors (Lipinski definition) is 4. The zero-order chi connectivity index (χ0) is 16.5. The molecule has 1 atom stereocenters. The molecule has 0 N–H and O–H groups in total. The van der Waals surface area contributed by atoms with Crippen molar-refractivity contribution in [2.75, 3.05) is 26.3 Å². The largest absolute Gasteiger partial charge is 0.323 e. The van der Waals surface area contributed by atoms with Gasteiger partial charge in [0.05, 0.1) is 18.4 Å². The number of rotatable bonds is 5. The molecule has 1 unspecified atom stereocenters. The molecule has 1 aromatic rings. The third-order valence-corrected chi connectivity index (χ3v) is 5.25. The second-order valence-electron chi connectivity index (χ2n) is 7.19. The molecule has 0 spiro atoms. The van der Waals surface area contributed by atoms with Gasteiger partial charge in [0.25, 0.3) is 0 Å². The first kappa shape index (κ1) is 15.6. The molecule has 24 heavy (non-hydrogen) atoms. The molecule has 0 bridgehead atoms. The fraction of sp³-hybridized carbons (Fsp3) is 0.611. The summed E-state index contributed by atoms with van der Waals surface area (Å²) in [5.74, 6) is 0.871. The minimum absolute atomic E-state index is 0.101.